The van der Waals surface area contributed by atoms with Crippen molar-refractivity contribution in [2.24, 2.45) is 13.0 Å². The summed E-state index contributed by atoms with van der Waals surface area (Å²) >= 11 is 0. The largest absolute Gasteiger partial charge is 0.308 e. The maximum Gasteiger partial charge on any atom is 0.243 e. The molecule has 0 saturated carbocycles. The van der Waals surface area contributed by atoms with Crippen LogP contribution in [-0.2, 0) is 21.9 Å². The van der Waals surface area contributed by atoms with Crippen LogP contribution in [0.1, 0.15) is 25.8 Å². The van der Waals surface area contributed by atoms with E-state index in [2.05, 4.69) is 15.1 Å². The summed E-state index contributed by atoms with van der Waals surface area (Å²) in [5.74, 6) is 0.0964. The second-order valence-corrected chi connectivity index (χ2v) is 8.19. The molecular formula is C17H24N4O3S. The molecule has 0 aliphatic heterocycles. The van der Waals surface area contributed by atoms with Crippen LogP contribution in [0.3, 0.4) is 0 Å². The molecule has 8 heteroatoms. The Hall–Kier alpha value is -2.19. The van der Waals surface area contributed by atoms with Gasteiger partial charge in [-0.15, -0.1) is 0 Å². The summed E-state index contributed by atoms with van der Waals surface area (Å²) in [5.41, 5.74) is 0.963. The molecule has 25 heavy (non-hydrogen) atoms. The van der Waals surface area contributed by atoms with Crippen molar-refractivity contribution in [1.82, 2.24) is 14.5 Å². The molecule has 1 atom stereocenters. The third-order valence-corrected chi connectivity index (χ3v) is 5.10. The van der Waals surface area contributed by atoms with Crippen molar-refractivity contribution >= 4 is 21.7 Å². The Morgan fingerprint density at radius 3 is 2.36 bits per heavy atom. The highest BCUT2D eigenvalue weighted by Crippen LogP contribution is 2.14. The Morgan fingerprint density at radius 2 is 1.84 bits per heavy atom. The van der Waals surface area contributed by atoms with Crippen LogP contribution >= 0.6 is 0 Å². The zero-order chi connectivity index (χ0) is 18.6. The number of nitrogens with one attached hydrogen (secondary N) is 2. The van der Waals surface area contributed by atoms with Gasteiger partial charge in [-0.3, -0.25) is 9.48 Å². The summed E-state index contributed by atoms with van der Waals surface area (Å²) < 4.78 is 29.2. The van der Waals surface area contributed by atoms with E-state index in [9.17, 15) is 13.2 Å². The average Bonchev–Trinajstić information content (AvgIpc) is 2.91. The molecule has 2 aromatic rings. The number of aromatic nitrogens is 2. The summed E-state index contributed by atoms with van der Waals surface area (Å²) in [6, 6.07) is 7.27. The van der Waals surface area contributed by atoms with Crippen LogP contribution in [-0.4, -0.2) is 30.1 Å². The number of carbonyl (C=O) groups excluding carboxylic acids is 1. The third-order valence-electron chi connectivity index (χ3n) is 3.62. The van der Waals surface area contributed by atoms with Crippen molar-refractivity contribution < 1.29 is 13.2 Å². The van der Waals surface area contributed by atoms with E-state index >= 15 is 0 Å². The van der Waals surface area contributed by atoms with Crippen LogP contribution in [0, 0.1) is 12.8 Å². The lowest BCUT2D eigenvalue weighted by atomic mass is 10.0. The fourth-order valence-electron chi connectivity index (χ4n) is 2.35. The Kier molecular flexibility index (Phi) is 5.97. The molecule has 136 valence electrons. The molecule has 0 fully saturated rings. The Bertz CT molecular complexity index is 826. The van der Waals surface area contributed by atoms with Gasteiger partial charge in [0.1, 0.15) is 6.04 Å². The van der Waals surface area contributed by atoms with E-state index in [0.717, 1.165) is 5.56 Å². The predicted octanol–water partition coefficient (Wildman–Crippen LogP) is 2.06. The molecule has 2 N–H and O–H groups in total. The number of hydrogen-bond acceptors (Lipinski definition) is 4. The Morgan fingerprint density at radius 1 is 1.20 bits per heavy atom. The fraction of sp³-hybridized carbons (Fsp3) is 0.412. The van der Waals surface area contributed by atoms with E-state index in [-0.39, 0.29) is 10.8 Å². The Balaban J connectivity index is 2.18. The molecule has 0 saturated heterocycles. The number of anilines is 1. The highest BCUT2D eigenvalue weighted by atomic mass is 32.2. The van der Waals surface area contributed by atoms with Crippen molar-refractivity contribution in [1.29, 1.82) is 0 Å². The third kappa shape index (κ3) is 5.40. The van der Waals surface area contributed by atoms with Gasteiger partial charge < -0.3 is 5.32 Å². The minimum Gasteiger partial charge on any atom is -0.308 e. The van der Waals surface area contributed by atoms with Crippen LogP contribution in [0.15, 0.2) is 41.4 Å². The number of amides is 1. The highest BCUT2D eigenvalue weighted by molar-refractivity contribution is 7.89. The summed E-state index contributed by atoms with van der Waals surface area (Å²) in [6.07, 6.45) is 2.08. The van der Waals surface area contributed by atoms with Crippen LogP contribution < -0.4 is 10.0 Å². The van der Waals surface area contributed by atoms with Crippen LogP contribution in [0.25, 0.3) is 0 Å². The first kappa shape index (κ1) is 19.1. The first-order chi connectivity index (χ1) is 11.7. The molecular weight excluding hydrogens is 340 g/mol. The predicted molar refractivity (Wildman–Crippen MR) is 96.6 cm³/mol. The molecule has 0 aliphatic carbocycles. The number of nitrogens with zero attached hydrogens (tertiary/aromatic N) is 2. The molecule has 1 amide bonds. The van der Waals surface area contributed by atoms with E-state index in [0.29, 0.717) is 12.2 Å². The molecule has 1 heterocycles. The van der Waals surface area contributed by atoms with E-state index < -0.39 is 22.0 Å². The summed E-state index contributed by atoms with van der Waals surface area (Å²) in [5, 5.41) is 6.74. The van der Waals surface area contributed by atoms with Gasteiger partial charge in [0, 0.05) is 19.3 Å². The van der Waals surface area contributed by atoms with Gasteiger partial charge in [0.05, 0.1) is 4.90 Å². The van der Waals surface area contributed by atoms with E-state index in [4.69, 9.17) is 0 Å². The topological polar surface area (TPSA) is 93.1 Å². The number of hydrogen-bond donors (Lipinski definition) is 2. The summed E-state index contributed by atoms with van der Waals surface area (Å²) in [6.45, 7) is 5.74. The SMILES string of the molecule is Cc1ccc(S(=O)(=O)NC(CC(C)C)C(=O)Nc2ccn(C)n2)cc1. The average molecular weight is 364 g/mol. The van der Waals surface area contributed by atoms with Crippen molar-refractivity contribution in [2.75, 3.05) is 5.32 Å². The van der Waals surface area contributed by atoms with Gasteiger partial charge in [0.25, 0.3) is 0 Å². The lowest BCUT2D eigenvalue weighted by molar-refractivity contribution is -0.118. The van der Waals surface area contributed by atoms with Gasteiger partial charge in [0.15, 0.2) is 5.82 Å². The van der Waals surface area contributed by atoms with E-state index in [1.807, 2.05) is 20.8 Å². The van der Waals surface area contributed by atoms with Crippen LogP contribution in [0.5, 0.6) is 0 Å². The van der Waals surface area contributed by atoms with E-state index in [1.54, 1.807) is 36.1 Å². The quantitative estimate of drug-likeness (QED) is 0.786. The second-order valence-electron chi connectivity index (χ2n) is 6.48. The Labute approximate surface area is 148 Å². The minimum absolute atomic E-state index is 0.137. The number of benzene rings is 1. The normalized spacial score (nSPS) is 13.0. The summed E-state index contributed by atoms with van der Waals surface area (Å²) in [4.78, 5) is 12.7. The standard InChI is InChI=1S/C17H24N4O3S/c1-12(2)11-15(17(22)18-16-9-10-21(4)19-16)20-25(23,24)14-7-5-13(3)6-8-14/h5-10,12,15,20H,11H2,1-4H3,(H,18,19,22). The van der Waals surface area contributed by atoms with Crippen LogP contribution in [0.4, 0.5) is 5.82 Å². The zero-order valence-electron chi connectivity index (χ0n) is 14.9. The molecule has 2 rings (SSSR count). The number of aryl methyl sites for hydroxylation is 2. The number of rotatable bonds is 7. The molecule has 0 bridgehead atoms. The molecule has 0 spiro atoms. The van der Waals surface area contributed by atoms with Crippen molar-refractivity contribution in [3.05, 3.63) is 42.1 Å². The molecule has 7 nitrogen and oxygen atoms in total. The van der Waals surface area contributed by atoms with Gasteiger partial charge in [-0.25, -0.2) is 8.42 Å². The lowest BCUT2D eigenvalue weighted by Gasteiger charge is -2.19. The van der Waals surface area contributed by atoms with Gasteiger partial charge in [-0.05, 0) is 31.4 Å². The van der Waals surface area contributed by atoms with E-state index in [1.165, 1.54) is 12.1 Å². The van der Waals surface area contributed by atoms with Gasteiger partial charge >= 0.3 is 0 Å². The molecule has 1 unspecified atom stereocenters. The van der Waals surface area contributed by atoms with Crippen LogP contribution in [0.2, 0.25) is 0 Å². The molecule has 1 aromatic carbocycles. The number of carbonyl (C=O) groups is 1. The maximum absolute atomic E-state index is 12.6. The highest BCUT2D eigenvalue weighted by Gasteiger charge is 2.27. The smallest absolute Gasteiger partial charge is 0.243 e. The maximum atomic E-state index is 12.6. The second kappa shape index (κ2) is 7.79. The van der Waals surface area contributed by atoms with Gasteiger partial charge in [-0.1, -0.05) is 31.5 Å². The molecule has 1 aromatic heterocycles. The van der Waals surface area contributed by atoms with Crippen molar-refractivity contribution in [3.63, 3.8) is 0 Å². The lowest BCUT2D eigenvalue weighted by Crippen LogP contribution is -2.44. The first-order valence-corrected chi connectivity index (χ1v) is 9.55. The zero-order valence-corrected chi connectivity index (χ0v) is 15.7. The van der Waals surface area contributed by atoms with Crippen molar-refractivity contribution in [3.8, 4) is 0 Å². The van der Waals surface area contributed by atoms with Crippen molar-refractivity contribution in [2.45, 2.75) is 38.1 Å². The first-order valence-electron chi connectivity index (χ1n) is 8.07. The summed E-state index contributed by atoms with van der Waals surface area (Å²) in [7, 11) is -2.05. The minimum atomic E-state index is -3.79. The van der Waals surface area contributed by atoms with Gasteiger partial charge in [-0.2, -0.15) is 9.82 Å². The van der Waals surface area contributed by atoms with Gasteiger partial charge in [0.2, 0.25) is 15.9 Å². The molecule has 0 radical (unpaired) electrons. The fourth-order valence-corrected chi connectivity index (χ4v) is 3.56. The monoisotopic (exact) mass is 364 g/mol. The number of sulfonamides is 1. The molecule has 0 aliphatic rings.